The minimum atomic E-state index is -2.87. The Morgan fingerprint density at radius 2 is 1.86 bits per heavy atom. The number of amides is 1. The lowest BCUT2D eigenvalue weighted by Gasteiger charge is -2.19. The number of rotatable bonds is 8. The van der Waals surface area contributed by atoms with Gasteiger partial charge in [0.05, 0.1) is 5.41 Å². The fraction of sp³-hybridized carbons (Fsp3) is 0.467. The van der Waals surface area contributed by atoms with E-state index >= 15 is 0 Å². The molecule has 0 aliphatic heterocycles. The monoisotopic (exact) mass is 315 g/mol. The molecule has 1 rings (SSSR count). The summed E-state index contributed by atoms with van der Waals surface area (Å²) in [7, 11) is 0. The largest absolute Gasteiger partial charge is 0.481 e. The molecule has 122 valence electrons. The minimum Gasteiger partial charge on any atom is -0.481 e. The Morgan fingerprint density at radius 1 is 1.27 bits per heavy atom. The van der Waals surface area contributed by atoms with Crippen molar-refractivity contribution in [3.63, 3.8) is 0 Å². The Kier molecular flexibility index (Phi) is 6.27. The molecule has 1 aromatic rings. The van der Waals surface area contributed by atoms with Gasteiger partial charge in [-0.05, 0) is 38.0 Å². The lowest BCUT2D eigenvalue weighted by molar-refractivity contribution is -0.146. The first-order chi connectivity index (χ1) is 10.2. The minimum absolute atomic E-state index is 0.0440. The predicted molar refractivity (Wildman–Crippen MR) is 75.8 cm³/mol. The summed E-state index contributed by atoms with van der Waals surface area (Å²) in [5.74, 6) is -1.18. The standard InChI is InChI=1S/C15H19F2NO4/c1-15(2,13(20)21)9-18-12(19)8-5-10-3-6-11(7-4-10)22-14(16)17/h3-4,6-7,14H,5,8-9H2,1-2H3,(H,18,19)(H,20,21). The number of nitrogens with one attached hydrogen (secondary N) is 1. The second kappa shape index (κ2) is 7.72. The van der Waals surface area contributed by atoms with Crippen molar-refractivity contribution in [3.05, 3.63) is 29.8 Å². The molecule has 0 saturated carbocycles. The summed E-state index contributed by atoms with van der Waals surface area (Å²) in [6.07, 6.45) is 0.610. The summed E-state index contributed by atoms with van der Waals surface area (Å²) in [6.45, 7) is 0.228. The fourth-order valence-electron chi connectivity index (χ4n) is 1.58. The first-order valence-electron chi connectivity index (χ1n) is 6.74. The van der Waals surface area contributed by atoms with Crippen molar-refractivity contribution >= 4 is 11.9 Å². The van der Waals surface area contributed by atoms with E-state index in [1.807, 2.05) is 0 Å². The lowest BCUT2D eigenvalue weighted by atomic mass is 9.94. The highest BCUT2D eigenvalue weighted by atomic mass is 19.3. The molecule has 0 spiro atoms. The molecule has 1 amide bonds. The average Bonchev–Trinajstić information content (AvgIpc) is 2.43. The number of carbonyl (C=O) groups is 2. The molecule has 0 radical (unpaired) electrons. The number of alkyl halides is 2. The maximum absolute atomic E-state index is 12.0. The molecule has 0 atom stereocenters. The van der Waals surface area contributed by atoms with Crippen LogP contribution in [-0.2, 0) is 16.0 Å². The molecule has 7 heteroatoms. The van der Waals surface area contributed by atoms with Crippen LogP contribution in [0.15, 0.2) is 24.3 Å². The smallest absolute Gasteiger partial charge is 0.387 e. The molecule has 5 nitrogen and oxygen atoms in total. The number of hydrogen-bond acceptors (Lipinski definition) is 3. The van der Waals surface area contributed by atoms with E-state index < -0.39 is 18.0 Å². The summed E-state index contributed by atoms with van der Waals surface area (Å²) < 4.78 is 28.2. The molecule has 0 unspecified atom stereocenters. The van der Waals surface area contributed by atoms with Crippen LogP contribution in [0.3, 0.4) is 0 Å². The van der Waals surface area contributed by atoms with Crippen LogP contribution in [0.2, 0.25) is 0 Å². The van der Waals surface area contributed by atoms with Gasteiger partial charge in [-0.3, -0.25) is 9.59 Å². The molecule has 0 aliphatic carbocycles. The van der Waals surface area contributed by atoms with E-state index in [1.54, 1.807) is 12.1 Å². The number of aryl methyl sites for hydroxylation is 1. The normalized spacial score (nSPS) is 11.3. The fourth-order valence-corrected chi connectivity index (χ4v) is 1.58. The first kappa shape index (κ1) is 17.9. The van der Waals surface area contributed by atoms with Crippen molar-refractivity contribution < 1.29 is 28.2 Å². The van der Waals surface area contributed by atoms with E-state index in [9.17, 15) is 18.4 Å². The summed E-state index contributed by atoms with van der Waals surface area (Å²) in [5.41, 5.74) is -0.224. The molecule has 0 aromatic heterocycles. The Balaban J connectivity index is 2.39. The Morgan fingerprint density at radius 3 is 2.36 bits per heavy atom. The van der Waals surface area contributed by atoms with Crippen molar-refractivity contribution in [3.8, 4) is 5.75 Å². The molecule has 1 aromatic carbocycles. The van der Waals surface area contributed by atoms with E-state index in [4.69, 9.17) is 5.11 Å². The highest BCUT2D eigenvalue weighted by molar-refractivity contribution is 5.78. The molecule has 0 bridgehead atoms. The van der Waals surface area contributed by atoms with E-state index in [1.165, 1.54) is 26.0 Å². The summed E-state index contributed by atoms with van der Waals surface area (Å²) in [5, 5.41) is 11.5. The topological polar surface area (TPSA) is 75.6 Å². The predicted octanol–water partition coefficient (Wildman–Crippen LogP) is 2.45. The van der Waals surface area contributed by atoms with Gasteiger partial charge in [0.2, 0.25) is 5.91 Å². The van der Waals surface area contributed by atoms with Crippen molar-refractivity contribution in [2.24, 2.45) is 5.41 Å². The van der Waals surface area contributed by atoms with Crippen LogP contribution in [0.25, 0.3) is 0 Å². The van der Waals surface area contributed by atoms with Gasteiger partial charge in [-0.25, -0.2) is 0 Å². The quantitative estimate of drug-likeness (QED) is 0.772. The van der Waals surface area contributed by atoms with Gasteiger partial charge in [0.15, 0.2) is 0 Å². The number of carboxylic acid groups (broad SMARTS) is 1. The van der Waals surface area contributed by atoms with Crippen LogP contribution < -0.4 is 10.1 Å². The molecule has 0 heterocycles. The van der Waals surface area contributed by atoms with Crippen molar-refractivity contribution in [1.29, 1.82) is 0 Å². The SMILES string of the molecule is CC(C)(CNC(=O)CCc1ccc(OC(F)F)cc1)C(=O)O. The third-order valence-electron chi connectivity index (χ3n) is 3.10. The van der Waals surface area contributed by atoms with Gasteiger partial charge in [0, 0.05) is 13.0 Å². The number of aliphatic carboxylic acids is 1. The maximum Gasteiger partial charge on any atom is 0.387 e. The summed E-state index contributed by atoms with van der Waals surface area (Å²) >= 11 is 0. The second-order valence-corrected chi connectivity index (χ2v) is 5.49. The van der Waals surface area contributed by atoms with Gasteiger partial charge in [-0.1, -0.05) is 12.1 Å². The van der Waals surface area contributed by atoms with E-state index in [-0.39, 0.29) is 24.6 Å². The van der Waals surface area contributed by atoms with Crippen LogP contribution in [0.4, 0.5) is 8.78 Å². The van der Waals surface area contributed by atoms with Gasteiger partial charge in [0.25, 0.3) is 0 Å². The highest BCUT2D eigenvalue weighted by Gasteiger charge is 2.27. The van der Waals surface area contributed by atoms with Gasteiger partial charge >= 0.3 is 12.6 Å². The van der Waals surface area contributed by atoms with Crippen LogP contribution >= 0.6 is 0 Å². The number of benzene rings is 1. The van der Waals surface area contributed by atoms with Gasteiger partial charge in [-0.2, -0.15) is 8.78 Å². The zero-order chi connectivity index (χ0) is 16.8. The maximum atomic E-state index is 12.0. The summed E-state index contributed by atoms with van der Waals surface area (Å²) in [4.78, 5) is 22.6. The third kappa shape index (κ3) is 6.07. The van der Waals surface area contributed by atoms with Gasteiger partial charge < -0.3 is 15.2 Å². The van der Waals surface area contributed by atoms with Crippen molar-refractivity contribution in [2.45, 2.75) is 33.3 Å². The van der Waals surface area contributed by atoms with Crippen LogP contribution in [0.1, 0.15) is 25.8 Å². The van der Waals surface area contributed by atoms with E-state index in [0.29, 0.717) is 6.42 Å². The average molecular weight is 315 g/mol. The lowest BCUT2D eigenvalue weighted by Crippen LogP contribution is -2.38. The highest BCUT2D eigenvalue weighted by Crippen LogP contribution is 2.16. The van der Waals surface area contributed by atoms with Crippen LogP contribution in [0.5, 0.6) is 5.75 Å². The van der Waals surface area contributed by atoms with Crippen molar-refractivity contribution in [2.75, 3.05) is 6.54 Å². The number of ether oxygens (including phenoxy) is 1. The molecule has 22 heavy (non-hydrogen) atoms. The van der Waals surface area contributed by atoms with Crippen molar-refractivity contribution in [1.82, 2.24) is 5.32 Å². The van der Waals surface area contributed by atoms with Gasteiger partial charge in [-0.15, -0.1) is 0 Å². The molecular weight excluding hydrogens is 296 g/mol. The molecule has 0 aliphatic rings. The number of hydrogen-bond donors (Lipinski definition) is 2. The molecular formula is C15H19F2NO4. The zero-order valence-electron chi connectivity index (χ0n) is 12.4. The number of carbonyl (C=O) groups excluding carboxylic acids is 1. The third-order valence-corrected chi connectivity index (χ3v) is 3.10. The van der Waals surface area contributed by atoms with E-state index in [0.717, 1.165) is 5.56 Å². The molecule has 2 N–H and O–H groups in total. The van der Waals surface area contributed by atoms with E-state index in [2.05, 4.69) is 10.1 Å². The Labute approximate surface area is 127 Å². The van der Waals surface area contributed by atoms with Gasteiger partial charge in [0.1, 0.15) is 5.75 Å². The number of halogens is 2. The number of carboxylic acids is 1. The first-order valence-corrected chi connectivity index (χ1v) is 6.74. The Bertz CT molecular complexity index is 515. The zero-order valence-corrected chi connectivity index (χ0v) is 12.4. The molecule has 0 saturated heterocycles. The Hall–Kier alpha value is -2.18. The second-order valence-electron chi connectivity index (χ2n) is 5.49. The van der Waals surface area contributed by atoms with Crippen LogP contribution in [-0.4, -0.2) is 30.1 Å². The summed E-state index contributed by atoms with van der Waals surface area (Å²) in [6, 6.07) is 6.03. The molecule has 0 fully saturated rings. The van der Waals surface area contributed by atoms with Crippen LogP contribution in [0, 0.1) is 5.41 Å².